The molecule has 0 aliphatic carbocycles. The van der Waals surface area contributed by atoms with E-state index in [-0.39, 0.29) is 0 Å². The Labute approximate surface area is 112 Å². The van der Waals surface area contributed by atoms with E-state index in [0.717, 1.165) is 16.5 Å². The zero-order chi connectivity index (χ0) is 13.7. The molecule has 2 aromatic carbocycles. The quantitative estimate of drug-likeness (QED) is 0.720. The van der Waals surface area contributed by atoms with Crippen LogP contribution < -0.4 is 5.73 Å². The minimum atomic E-state index is 0.687. The monoisotopic (exact) mass is 249 g/mol. The summed E-state index contributed by atoms with van der Waals surface area (Å²) < 4.78 is 1.94. The lowest BCUT2D eigenvalue weighted by molar-refractivity contribution is 1.06. The van der Waals surface area contributed by atoms with Gasteiger partial charge in [-0.1, -0.05) is 42.5 Å². The summed E-state index contributed by atoms with van der Waals surface area (Å²) in [7, 11) is 1.50. The SMILES string of the molecule is CN.N#Cc1c2ccccc2cn1-c1ccccc1. The van der Waals surface area contributed by atoms with Gasteiger partial charge in [0.15, 0.2) is 0 Å². The molecule has 0 aliphatic rings. The molecule has 1 heterocycles. The van der Waals surface area contributed by atoms with Crippen LogP contribution in [0.2, 0.25) is 0 Å². The van der Waals surface area contributed by atoms with Crippen molar-refractivity contribution in [3.05, 3.63) is 66.5 Å². The van der Waals surface area contributed by atoms with Crippen LogP contribution in [0.5, 0.6) is 0 Å². The fourth-order valence-electron chi connectivity index (χ4n) is 2.06. The topological polar surface area (TPSA) is 54.7 Å². The zero-order valence-corrected chi connectivity index (χ0v) is 10.7. The van der Waals surface area contributed by atoms with Crippen molar-refractivity contribution >= 4 is 10.8 Å². The molecular weight excluding hydrogens is 234 g/mol. The zero-order valence-electron chi connectivity index (χ0n) is 10.7. The summed E-state index contributed by atoms with van der Waals surface area (Å²) in [6.45, 7) is 0. The van der Waals surface area contributed by atoms with E-state index in [1.54, 1.807) is 0 Å². The summed E-state index contributed by atoms with van der Waals surface area (Å²) in [5.41, 5.74) is 6.20. The van der Waals surface area contributed by atoms with Gasteiger partial charge < -0.3 is 10.3 Å². The number of aromatic nitrogens is 1. The van der Waals surface area contributed by atoms with E-state index < -0.39 is 0 Å². The van der Waals surface area contributed by atoms with Crippen LogP contribution in [0.4, 0.5) is 0 Å². The maximum atomic E-state index is 9.30. The number of rotatable bonds is 1. The van der Waals surface area contributed by atoms with Crippen LogP contribution in [-0.2, 0) is 0 Å². The Morgan fingerprint density at radius 2 is 1.58 bits per heavy atom. The molecule has 3 rings (SSSR count). The first-order valence-corrected chi connectivity index (χ1v) is 6.03. The van der Waals surface area contributed by atoms with E-state index in [1.807, 2.05) is 65.4 Å². The Bertz CT molecular complexity index is 706. The average Bonchev–Trinajstić information content (AvgIpc) is 2.88. The number of para-hydroxylation sites is 1. The van der Waals surface area contributed by atoms with Gasteiger partial charge in [0.25, 0.3) is 0 Å². The van der Waals surface area contributed by atoms with Gasteiger partial charge in [-0.2, -0.15) is 5.26 Å². The fourth-order valence-corrected chi connectivity index (χ4v) is 2.06. The predicted octanol–water partition coefficient (Wildman–Crippen LogP) is 3.08. The van der Waals surface area contributed by atoms with Crippen molar-refractivity contribution in [2.24, 2.45) is 5.73 Å². The molecule has 0 aliphatic heterocycles. The molecule has 0 radical (unpaired) electrons. The van der Waals surface area contributed by atoms with Gasteiger partial charge in [0.2, 0.25) is 0 Å². The third kappa shape index (κ3) is 2.35. The first-order valence-electron chi connectivity index (χ1n) is 6.03. The van der Waals surface area contributed by atoms with E-state index in [2.05, 4.69) is 11.8 Å². The molecule has 3 heteroatoms. The van der Waals surface area contributed by atoms with Crippen LogP contribution in [-0.4, -0.2) is 11.6 Å². The smallest absolute Gasteiger partial charge is 0.132 e. The van der Waals surface area contributed by atoms with Crippen molar-refractivity contribution in [3.8, 4) is 11.8 Å². The van der Waals surface area contributed by atoms with E-state index >= 15 is 0 Å². The number of hydrogen-bond acceptors (Lipinski definition) is 2. The van der Waals surface area contributed by atoms with Crippen LogP contribution in [0.3, 0.4) is 0 Å². The number of benzene rings is 2. The molecule has 0 spiro atoms. The van der Waals surface area contributed by atoms with E-state index in [1.165, 1.54) is 7.05 Å². The number of nitrogens with zero attached hydrogens (tertiary/aromatic N) is 2. The number of hydrogen-bond donors (Lipinski definition) is 1. The second kappa shape index (κ2) is 5.85. The van der Waals surface area contributed by atoms with Gasteiger partial charge in [-0.3, -0.25) is 0 Å². The highest BCUT2D eigenvalue weighted by molar-refractivity contribution is 5.88. The molecule has 0 amide bonds. The van der Waals surface area contributed by atoms with Crippen molar-refractivity contribution < 1.29 is 0 Å². The normalized spacial score (nSPS) is 9.53. The summed E-state index contributed by atoms with van der Waals surface area (Å²) in [6.07, 6.45) is 2.00. The lowest BCUT2D eigenvalue weighted by Gasteiger charge is -2.03. The number of nitrogens with two attached hydrogens (primary N) is 1. The first-order chi connectivity index (χ1) is 9.40. The Kier molecular flexibility index (Phi) is 3.97. The Hall–Kier alpha value is -2.57. The predicted molar refractivity (Wildman–Crippen MR) is 78.1 cm³/mol. The van der Waals surface area contributed by atoms with Crippen molar-refractivity contribution in [3.63, 3.8) is 0 Å². The van der Waals surface area contributed by atoms with Crippen molar-refractivity contribution in [2.75, 3.05) is 7.05 Å². The highest BCUT2D eigenvalue weighted by atomic mass is 15.0. The van der Waals surface area contributed by atoms with Crippen molar-refractivity contribution in [2.45, 2.75) is 0 Å². The summed E-state index contributed by atoms with van der Waals surface area (Å²) in [4.78, 5) is 0. The molecule has 94 valence electrons. The molecular formula is C16H15N3. The minimum Gasteiger partial charge on any atom is -0.333 e. The Morgan fingerprint density at radius 3 is 2.26 bits per heavy atom. The maximum Gasteiger partial charge on any atom is 0.132 e. The van der Waals surface area contributed by atoms with Crippen molar-refractivity contribution in [1.29, 1.82) is 5.26 Å². The second-order valence-electron chi connectivity index (χ2n) is 3.88. The van der Waals surface area contributed by atoms with Gasteiger partial charge in [-0.05, 0) is 19.2 Å². The van der Waals surface area contributed by atoms with Crippen LogP contribution in [0.15, 0.2) is 60.8 Å². The highest BCUT2D eigenvalue weighted by Crippen LogP contribution is 2.23. The van der Waals surface area contributed by atoms with Crippen LogP contribution in [0.1, 0.15) is 5.69 Å². The standard InChI is InChI=1S/C15H10N2.CH5N/c16-10-15-14-9-5-4-6-12(14)11-17(15)13-7-2-1-3-8-13;1-2/h1-9,11H;2H2,1H3. The lowest BCUT2D eigenvalue weighted by Crippen LogP contribution is -1.94. The summed E-state index contributed by atoms with van der Waals surface area (Å²) in [5, 5.41) is 11.4. The van der Waals surface area contributed by atoms with Gasteiger partial charge in [-0.15, -0.1) is 0 Å². The Morgan fingerprint density at radius 1 is 0.947 bits per heavy atom. The third-order valence-electron chi connectivity index (χ3n) is 2.87. The minimum absolute atomic E-state index is 0.687. The molecule has 3 aromatic rings. The van der Waals surface area contributed by atoms with E-state index in [0.29, 0.717) is 5.69 Å². The van der Waals surface area contributed by atoms with Gasteiger partial charge in [0, 0.05) is 22.7 Å². The fraction of sp³-hybridized carbons (Fsp3) is 0.0625. The molecule has 0 bridgehead atoms. The molecule has 0 atom stereocenters. The first kappa shape index (κ1) is 12.9. The third-order valence-corrected chi connectivity index (χ3v) is 2.87. The van der Waals surface area contributed by atoms with Gasteiger partial charge in [0.1, 0.15) is 11.8 Å². The van der Waals surface area contributed by atoms with E-state index in [4.69, 9.17) is 0 Å². The lowest BCUT2D eigenvalue weighted by atomic mass is 10.2. The maximum absolute atomic E-state index is 9.30. The largest absolute Gasteiger partial charge is 0.333 e. The molecule has 19 heavy (non-hydrogen) atoms. The van der Waals surface area contributed by atoms with Gasteiger partial charge in [-0.25, -0.2) is 0 Å². The summed E-state index contributed by atoms with van der Waals surface area (Å²) >= 11 is 0. The average molecular weight is 249 g/mol. The highest BCUT2D eigenvalue weighted by Gasteiger charge is 2.08. The molecule has 1 aromatic heterocycles. The molecule has 2 N–H and O–H groups in total. The van der Waals surface area contributed by atoms with Crippen LogP contribution in [0, 0.1) is 11.3 Å². The molecule has 0 fully saturated rings. The molecule has 0 saturated carbocycles. The van der Waals surface area contributed by atoms with E-state index in [9.17, 15) is 5.26 Å². The number of nitriles is 1. The van der Waals surface area contributed by atoms with Gasteiger partial charge in [0.05, 0.1) is 0 Å². The summed E-state index contributed by atoms with van der Waals surface area (Å²) in [5.74, 6) is 0. The van der Waals surface area contributed by atoms with Crippen LogP contribution >= 0.6 is 0 Å². The van der Waals surface area contributed by atoms with Crippen molar-refractivity contribution in [1.82, 2.24) is 4.57 Å². The van der Waals surface area contributed by atoms with Gasteiger partial charge >= 0.3 is 0 Å². The second-order valence-corrected chi connectivity index (χ2v) is 3.88. The molecule has 0 unspecified atom stereocenters. The Balaban J connectivity index is 0.000000637. The number of fused-ring (bicyclic) bond motifs is 1. The van der Waals surface area contributed by atoms with Crippen LogP contribution in [0.25, 0.3) is 16.5 Å². The molecule has 0 saturated heterocycles. The summed E-state index contributed by atoms with van der Waals surface area (Å²) in [6, 6.07) is 20.1. The molecule has 3 nitrogen and oxygen atoms in total.